The third kappa shape index (κ3) is 8.36. The second-order valence-electron chi connectivity index (χ2n) is 11.2. The van der Waals surface area contributed by atoms with Crippen LogP contribution in [0.25, 0.3) is 0 Å². The number of ether oxygens (including phenoxy) is 2. The zero-order valence-electron chi connectivity index (χ0n) is 22.9. The summed E-state index contributed by atoms with van der Waals surface area (Å²) in [7, 11) is -4.25. The molecule has 2 atom stereocenters. The molecule has 2 unspecified atom stereocenters. The van der Waals surface area contributed by atoms with E-state index in [0.717, 1.165) is 0 Å². The first-order chi connectivity index (χ1) is 16.2. The highest BCUT2D eigenvalue weighted by molar-refractivity contribution is 7.62. The maximum absolute atomic E-state index is 14.0. The fourth-order valence-electron chi connectivity index (χ4n) is 2.62. The molecule has 0 heterocycles. The maximum Gasteiger partial charge on any atom is 0.361 e. The van der Waals surface area contributed by atoms with Crippen molar-refractivity contribution in [2.75, 3.05) is 13.2 Å². The summed E-state index contributed by atoms with van der Waals surface area (Å²) in [5.74, 6) is -2.80. The lowest BCUT2D eigenvalue weighted by atomic mass is 9.87. The number of benzene rings is 1. The lowest BCUT2D eigenvalue weighted by molar-refractivity contribution is -0.171. The average molecular weight is 527 g/mol. The summed E-state index contributed by atoms with van der Waals surface area (Å²) >= 11 is 0. The molecule has 0 radical (unpaired) electrons. The summed E-state index contributed by atoms with van der Waals surface area (Å²) in [5, 5.41) is 0.121. The van der Waals surface area contributed by atoms with Gasteiger partial charge >= 0.3 is 19.5 Å². The van der Waals surface area contributed by atoms with Gasteiger partial charge in [0.1, 0.15) is 33.6 Å². The third-order valence-electron chi connectivity index (χ3n) is 5.37. The Kier molecular flexibility index (Phi) is 10.00. The van der Waals surface area contributed by atoms with Crippen molar-refractivity contribution in [1.82, 2.24) is 0 Å². The van der Waals surface area contributed by atoms with Crippen molar-refractivity contribution in [3.05, 3.63) is 30.3 Å². The summed E-state index contributed by atoms with van der Waals surface area (Å²) in [6.07, 6.45) is 0. The molecule has 0 aliphatic rings. The van der Waals surface area contributed by atoms with Gasteiger partial charge in [0.15, 0.2) is 0 Å². The van der Waals surface area contributed by atoms with E-state index < -0.39 is 66.3 Å². The quantitative estimate of drug-likeness (QED) is 0.234. The second-order valence-corrected chi connectivity index (χ2v) is 13.2. The van der Waals surface area contributed by atoms with E-state index in [2.05, 4.69) is 0 Å². The van der Waals surface area contributed by atoms with Crippen molar-refractivity contribution in [3.8, 4) is 0 Å². The minimum absolute atomic E-state index is 0.121. The summed E-state index contributed by atoms with van der Waals surface area (Å²) in [5.41, 5.74) is -5.31. The van der Waals surface area contributed by atoms with Gasteiger partial charge in [0.25, 0.3) is 0 Å². The molecule has 0 saturated heterocycles. The zero-order chi connectivity index (χ0) is 28.2. The summed E-state index contributed by atoms with van der Waals surface area (Å²) in [6.45, 7) is 13.8. The van der Waals surface area contributed by atoms with Gasteiger partial charge in [-0.05, 0) is 81.4 Å². The van der Waals surface area contributed by atoms with Crippen LogP contribution in [0.5, 0.6) is 0 Å². The number of Topliss-reactive ketones (excluding diaryl/α,β-unsaturated/α-hetero) is 2. The van der Waals surface area contributed by atoms with Crippen molar-refractivity contribution in [2.45, 2.75) is 80.4 Å². The number of hydrogen-bond acceptors (Lipinski definition) is 9. The normalized spacial score (nSPS) is 17.2. The van der Waals surface area contributed by atoms with Gasteiger partial charge in [-0.25, -0.2) is 0 Å². The third-order valence-corrected chi connectivity index (χ3v) is 7.24. The Morgan fingerprint density at radius 1 is 0.667 bits per heavy atom. The number of rotatable bonds is 11. The first-order valence-electron chi connectivity index (χ1n) is 11.6. The van der Waals surface area contributed by atoms with E-state index in [4.69, 9.17) is 18.5 Å². The van der Waals surface area contributed by atoms with E-state index in [9.17, 15) is 23.7 Å². The highest BCUT2D eigenvalue weighted by atomic mass is 31.2. The second kappa shape index (κ2) is 11.4. The van der Waals surface area contributed by atoms with Crippen LogP contribution in [0.1, 0.15) is 69.2 Å². The highest BCUT2D eigenvalue weighted by Gasteiger charge is 2.47. The van der Waals surface area contributed by atoms with Gasteiger partial charge in [-0.15, -0.1) is 0 Å². The summed E-state index contributed by atoms with van der Waals surface area (Å²) < 4.78 is 36.1. The Morgan fingerprint density at radius 3 is 1.28 bits per heavy atom. The number of esters is 2. The largest absolute Gasteiger partial charge is 0.459 e. The highest BCUT2D eigenvalue weighted by Crippen LogP contribution is 2.50. The van der Waals surface area contributed by atoms with E-state index in [0.29, 0.717) is 0 Å². The van der Waals surface area contributed by atoms with Crippen LogP contribution < -0.4 is 5.30 Å². The van der Waals surface area contributed by atoms with Gasteiger partial charge in [-0.3, -0.25) is 23.7 Å². The SMILES string of the molecule is CC(=O)C(C)(COP(=O)(OCC(C)(C(C)=O)C(=O)OC(C)(C)C)c1ccccc1)C(=O)OC(C)(C)C. The van der Waals surface area contributed by atoms with Crippen LogP contribution in [-0.2, 0) is 42.3 Å². The molecule has 1 rings (SSSR count). The van der Waals surface area contributed by atoms with Gasteiger partial charge < -0.3 is 18.5 Å². The van der Waals surface area contributed by atoms with E-state index >= 15 is 0 Å². The Hall–Kier alpha value is -2.35. The fraction of sp³-hybridized carbons (Fsp3) is 0.615. The molecule has 9 nitrogen and oxygen atoms in total. The number of carbonyl (C=O) groups excluding carboxylic acids is 4. The molecule has 0 N–H and O–H groups in total. The first-order valence-corrected chi connectivity index (χ1v) is 13.1. The van der Waals surface area contributed by atoms with Crippen LogP contribution in [0.3, 0.4) is 0 Å². The number of hydrogen-bond donors (Lipinski definition) is 0. The molecule has 36 heavy (non-hydrogen) atoms. The van der Waals surface area contributed by atoms with Gasteiger partial charge in [-0.2, -0.15) is 0 Å². The Balaban J connectivity index is 3.35. The van der Waals surface area contributed by atoms with Crippen molar-refractivity contribution in [2.24, 2.45) is 10.8 Å². The minimum Gasteiger partial charge on any atom is -0.459 e. The predicted octanol–water partition coefficient (Wildman–Crippen LogP) is 4.41. The lowest BCUT2D eigenvalue weighted by Crippen LogP contribution is -2.45. The molecule has 0 aromatic heterocycles. The first kappa shape index (κ1) is 31.7. The van der Waals surface area contributed by atoms with Crippen LogP contribution in [0.15, 0.2) is 30.3 Å². The van der Waals surface area contributed by atoms with Crippen LogP contribution in [0.2, 0.25) is 0 Å². The van der Waals surface area contributed by atoms with E-state index in [1.54, 1.807) is 59.7 Å². The van der Waals surface area contributed by atoms with Crippen LogP contribution in [0.4, 0.5) is 0 Å². The molecule has 0 aliphatic carbocycles. The summed E-state index contributed by atoms with van der Waals surface area (Å²) in [4.78, 5) is 50.6. The topological polar surface area (TPSA) is 122 Å². The van der Waals surface area contributed by atoms with Crippen molar-refractivity contribution in [1.29, 1.82) is 0 Å². The van der Waals surface area contributed by atoms with Crippen molar-refractivity contribution in [3.63, 3.8) is 0 Å². The Bertz CT molecular complexity index is 960. The van der Waals surface area contributed by atoms with Crippen molar-refractivity contribution >= 4 is 36.4 Å². The van der Waals surface area contributed by atoms with Gasteiger partial charge in [0.05, 0.1) is 18.5 Å². The standard InChI is InChI=1S/C26H39O9P/c1-18(27)25(9,21(29)34-23(3,4)5)16-32-36(31,20-14-12-11-13-15-20)33-17-26(10,19(2)28)22(30)35-24(6,7)8/h11-15H,16-17H2,1-10H3. The molecule has 0 fully saturated rings. The van der Waals surface area contributed by atoms with Gasteiger partial charge in [-0.1, -0.05) is 18.2 Å². The lowest BCUT2D eigenvalue weighted by Gasteiger charge is -2.32. The zero-order valence-corrected chi connectivity index (χ0v) is 23.8. The van der Waals surface area contributed by atoms with Gasteiger partial charge in [0, 0.05) is 0 Å². The van der Waals surface area contributed by atoms with Crippen LogP contribution >= 0.6 is 7.60 Å². The monoisotopic (exact) mass is 526 g/mol. The fourth-order valence-corrected chi connectivity index (χ4v) is 4.38. The molecule has 0 aliphatic heterocycles. The molecular weight excluding hydrogens is 487 g/mol. The van der Waals surface area contributed by atoms with Crippen LogP contribution in [-0.4, -0.2) is 47.9 Å². The average Bonchev–Trinajstić information content (AvgIpc) is 2.73. The van der Waals surface area contributed by atoms with E-state index in [-0.39, 0.29) is 5.30 Å². The number of carbonyl (C=O) groups is 4. The minimum atomic E-state index is -4.25. The molecule has 1 aromatic rings. The van der Waals surface area contributed by atoms with Crippen LogP contribution in [0, 0.1) is 10.8 Å². The Labute approximate surface area is 213 Å². The van der Waals surface area contributed by atoms with E-state index in [1.165, 1.54) is 39.8 Å². The smallest absolute Gasteiger partial charge is 0.361 e. The molecule has 0 spiro atoms. The molecule has 0 bridgehead atoms. The molecule has 10 heteroatoms. The van der Waals surface area contributed by atoms with Crippen molar-refractivity contribution < 1.29 is 42.3 Å². The Morgan fingerprint density at radius 2 is 1.00 bits per heavy atom. The maximum atomic E-state index is 14.0. The predicted molar refractivity (Wildman–Crippen MR) is 135 cm³/mol. The van der Waals surface area contributed by atoms with E-state index in [1.807, 2.05) is 0 Å². The molecule has 0 amide bonds. The molecular formula is C26H39O9P. The molecule has 0 saturated carbocycles. The van der Waals surface area contributed by atoms with Gasteiger partial charge in [0.2, 0.25) is 0 Å². The molecule has 202 valence electrons. The molecule has 1 aromatic carbocycles. The summed E-state index contributed by atoms with van der Waals surface area (Å²) in [6, 6.07) is 7.86. The number of ketones is 2.